The van der Waals surface area contributed by atoms with E-state index < -0.39 is 0 Å². The summed E-state index contributed by atoms with van der Waals surface area (Å²) >= 11 is 0. The lowest BCUT2D eigenvalue weighted by molar-refractivity contribution is 0.699. The van der Waals surface area contributed by atoms with Crippen molar-refractivity contribution in [3.05, 3.63) is 60.2 Å². The molecule has 0 radical (unpaired) electrons. The van der Waals surface area contributed by atoms with Gasteiger partial charge in [0, 0.05) is 0 Å². The minimum atomic E-state index is 0.501. The van der Waals surface area contributed by atoms with Crippen LogP contribution in [0.3, 0.4) is 0 Å². The number of benzene rings is 2. The molecule has 0 aliphatic rings. The van der Waals surface area contributed by atoms with Gasteiger partial charge in [0.15, 0.2) is 0 Å². The Hall–Kier alpha value is -2.69. The molecule has 0 spiro atoms. The third kappa shape index (κ3) is 2.18. The maximum absolute atomic E-state index is 5.49. The minimum absolute atomic E-state index is 0.501. The normalized spacial score (nSPS) is 11.9. The smallest absolute Gasteiger partial charge is 0.113 e. The summed E-state index contributed by atoms with van der Waals surface area (Å²) in [5.74, 6) is 5.49. The lowest BCUT2D eigenvalue weighted by Crippen LogP contribution is -2.14. The Bertz CT molecular complexity index is 715. The summed E-state index contributed by atoms with van der Waals surface area (Å²) in [5.41, 5.74) is 3.60. The maximum atomic E-state index is 5.49. The molecule has 0 aliphatic carbocycles. The van der Waals surface area contributed by atoms with Crippen LogP contribution in [0.1, 0.15) is 5.56 Å². The van der Waals surface area contributed by atoms with E-state index in [1.807, 2.05) is 54.6 Å². The average molecular weight is 251 g/mol. The Morgan fingerprint density at radius 2 is 1.79 bits per heavy atom. The Morgan fingerprint density at radius 3 is 2.58 bits per heavy atom. The molecule has 0 saturated heterocycles. The van der Waals surface area contributed by atoms with E-state index in [-0.39, 0.29) is 0 Å². The quantitative estimate of drug-likeness (QED) is 0.438. The summed E-state index contributed by atoms with van der Waals surface area (Å²) in [6.07, 6.45) is 0. The highest BCUT2D eigenvalue weighted by molar-refractivity contribution is 6.00. The molecule has 2 N–H and O–H groups in total. The van der Waals surface area contributed by atoms with Crippen molar-refractivity contribution < 1.29 is 0 Å². The van der Waals surface area contributed by atoms with Gasteiger partial charge in [0.05, 0.1) is 17.8 Å². The Kier molecular flexibility index (Phi) is 2.94. The number of aromatic nitrogens is 3. The summed E-state index contributed by atoms with van der Waals surface area (Å²) in [6, 6.07) is 17.6. The lowest BCUT2D eigenvalue weighted by atomic mass is 10.1. The monoisotopic (exact) mass is 251 g/mol. The molecule has 5 heteroatoms. The van der Waals surface area contributed by atoms with Gasteiger partial charge in [-0.05, 0) is 17.7 Å². The Balaban J connectivity index is 1.96. The molecule has 94 valence electrons. The standard InChI is InChI=1S/C14H13N5/c15-16-13(11-6-2-1-3-7-11)10-19-14-9-5-4-8-12(14)17-18-19/h1-9H,10,15H2/b16-13+. The Morgan fingerprint density at radius 1 is 1.05 bits per heavy atom. The molecule has 2 aromatic carbocycles. The zero-order valence-electron chi connectivity index (χ0n) is 10.3. The third-order valence-electron chi connectivity index (χ3n) is 2.98. The molecule has 0 amide bonds. The van der Waals surface area contributed by atoms with Crippen LogP contribution in [-0.4, -0.2) is 20.7 Å². The van der Waals surface area contributed by atoms with Crippen molar-refractivity contribution in [2.45, 2.75) is 6.54 Å². The van der Waals surface area contributed by atoms with Gasteiger partial charge in [-0.15, -0.1) is 5.10 Å². The number of hydrazone groups is 1. The van der Waals surface area contributed by atoms with Crippen molar-refractivity contribution >= 4 is 16.7 Å². The van der Waals surface area contributed by atoms with E-state index in [2.05, 4.69) is 15.4 Å². The Labute approximate surface area is 110 Å². The average Bonchev–Trinajstić information content (AvgIpc) is 2.89. The van der Waals surface area contributed by atoms with Crippen LogP contribution in [0.25, 0.3) is 11.0 Å². The SMILES string of the molecule is N/N=C(\Cn1nnc2ccccc21)c1ccccc1. The maximum Gasteiger partial charge on any atom is 0.113 e. The number of para-hydroxylation sites is 1. The third-order valence-corrected chi connectivity index (χ3v) is 2.98. The van der Waals surface area contributed by atoms with Crippen molar-refractivity contribution in [3.8, 4) is 0 Å². The topological polar surface area (TPSA) is 69.1 Å². The summed E-state index contributed by atoms with van der Waals surface area (Å²) in [4.78, 5) is 0. The molecule has 0 fully saturated rings. The van der Waals surface area contributed by atoms with E-state index in [1.54, 1.807) is 4.68 Å². The molecule has 3 rings (SSSR count). The van der Waals surface area contributed by atoms with Gasteiger partial charge in [0.25, 0.3) is 0 Å². The van der Waals surface area contributed by atoms with E-state index in [0.717, 1.165) is 22.3 Å². The van der Waals surface area contributed by atoms with Gasteiger partial charge in [0.1, 0.15) is 5.52 Å². The first-order valence-electron chi connectivity index (χ1n) is 5.99. The summed E-state index contributed by atoms with van der Waals surface area (Å²) < 4.78 is 1.80. The highest BCUT2D eigenvalue weighted by Crippen LogP contribution is 2.11. The van der Waals surface area contributed by atoms with Crippen LogP contribution >= 0.6 is 0 Å². The zero-order valence-corrected chi connectivity index (χ0v) is 10.3. The molecule has 0 saturated carbocycles. The van der Waals surface area contributed by atoms with Crippen LogP contribution in [0.15, 0.2) is 59.7 Å². The highest BCUT2D eigenvalue weighted by Gasteiger charge is 2.08. The highest BCUT2D eigenvalue weighted by atomic mass is 15.4. The fourth-order valence-corrected chi connectivity index (χ4v) is 2.01. The second-order valence-corrected chi connectivity index (χ2v) is 4.18. The van der Waals surface area contributed by atoms with Crippen LogP contribution in [0.5, 0.6) is 0 Å². The van der Waals surface area contributed by atoms with Gasteiger partial charge in [-0.25, -0.2) is 4.68 Å². The number of fused-ring (bicyclic) bond motifs is 1. The second-order valence-electron chi connectivity index (χ2n) is 4.18. The van der Waals surface area contributed by atoms with Crippen LogP contribution in [-0.2, 0) is 6.54 Å². The van der Waals surface area contributed by atoms with E-state index in [9.17, 15) is 0 Å². The molecule has 3 aromatic rings. The van der Waals surface area contributed by atoms with E-state index in [1.165, 1.54) is 0 Å². The second kappa shape index (κ2) is 4.89. The van der Waals surface area contributed by atoms with Crippen molar-refractivity contribution in [1.29, 1.82) is 0 Å². The number of rotatable bonds is 3. The molecular weight excluding hydrogens is 238 g/mol. The molecule has 0 aliphatic heterocycles. The first-order valence-corrected chi connectivity index (χ1v) is 5.99. The molecule has 0 atom stereocenters. The molecule has 0 unspecified atom stereocenters. The molecule has 19 heavy (non-hydrogen) atoms. The number of nitrogens with zero attached hydrogens (tertiary/aromatic N) is 4. The molecule has 1 heterocycles. The van der Waals surface area contributed by atoms with Crippen molar-refractivity contribution in [2.75, 3.05) is 0 Å². The predicted molar refractivity (Wildman–Crippen MR) is 74.7 cm³/mol. The zero-order chi connectivity index (χ0) is 13.1. The van der Waals surface area contributed by atoms with E-state index in [0.29, 0.717) is 6.54 Å². The largest absolute Gasteiger partial charge is 0.323 e. The first kappa shape index (κ1) is 11.4. The number of hydrogen-bond donors (Lipinski definition) is 1. The van der Waals surface area contributed by atoms with Gasteiger partial charge in [-0.3, -0.25) is 0 Å². The van der Waals surface area contributed by atoms with Crippen molar-refractivity contribution in [1.82, 2.24) is 15.0 Å². The number of hydrogen-bond acceptors (Lipinski definition) is 4. The van der Waals surface area contributed by atoms with Gasteiger partial charge in [-0.2, -0.15) is 5.10 Å². The molecule has 5 nitrogen and oxygen atoms in total. The lowest BCUT2D eigenvalue weighted by Gasteiger charge is -2.05. The summed E-state index contributed by atoms with van der Waals surface area (Å²) in [6.45, 7) is 0.501. The fraction of sp³-hybridized carbons (Fsp3) is 0.0714. The summed E-state index contributed by atoms with van der Waals surface area (Å²) in [5, 5.41) is 12.1. The van der Waals surface area contributed by atoms with Crippen molar-refractivity contribution in [2.24, 2.45) is 10.9 Å². The van der Waals surface area contributed by atoms with E-state index >= 15 is 0 Å². The van der Waals surface area contributed by atoms with Gasteiger partial charge in [-0.1, -0.05) is 47.7 Å². The van der Waals surface area contributed by atoms with Gasteiger partial charge in [0.2, 0.25) is 0 Å². The molecular formula is C14H13N5. The van der Waals surface area contributed by atoms with Crippen LogP contribution in [0, 0.1) is 0 Å². The van der Waals surface area contributed by atoms with Crippen LogP contribution in [0.4, 0.5) is 0 Å². The van der Waals surface area contributed by atoms with Gasteiger partial charge < -0.3 is 5.84 Å². The number of nitrogens with two attached hydrogens (primary N) is 1. The minimum Gasteiger partial charge on any atom is -0.323 e. The fourth-order valence-electron chi connectivity index (χ4n) is 2.01. The van der Waals surface area contributed by atoms with Crippen LogP contribution in [0.2, 0.25) is 0 Å². The van der Waals surface area contributed by atoms with Crippen molar-refractivity contribution in [3.63, 3.8) is 0 Å². The summed E-state index contributed by atoms with van der Waals surface area (Å²) in [7, 11) is 0. The first-order chi connectivity index (χ1) is 9.38. The predicted octanol–water partition coefficient (Wildman–Crippen LogP) is 1.79. The van der Waals surface area contributed by atoms with E-state index in [4.69, 9.17) is 5.84 Å². The van der Waals surface area contributed by atoms with Crippen LogP contribution < -0.4 is 5.84 Å². The molecule has 0 bridgehead atoms. The van der Waals surface area contributed by atoms with Gasteiger partial charge >= 0.3 is 0 Å². The molecule has 1 aromatic heterocycles.